The summed E-state index contributed by atoms with van der Waals surface area (Å²) in [7, 11) is 0. The van der Waals surface area contributed by atoms with Crippen LogP contribution in [0.25, 0.3) is 0 Å². The van der Waals surface area contributed by atoms with E-state index in [0.29, 0.717) is 12.2 Å². The molecule has 0 N–H and O–H groups in total. The van der Waals surface area contributed by atoms with Gasteiger partial charge in [-0.05, 0) is 24.3 Å². The third-order valence-corrected chi connectivity index (χ3v) is 3.11. The third-order valence-electron chi connectivity index (χ3n) is 1.87. The second-order valence-electron chi connectivity index (χ2n) is 4.45. The van der Waals surface area contributed by atoms with Gasteiger partial charge in [0.1, 0.15) is 5.75 Å². The van der Waals surface area contributed by atoms with E-state index in [1.165, 1.54) is 0 Å². The van der Waals surface area contributed by atoms with Gasteiger partial charge in [0, 0.05) is 10.5 Å². The molecule has 1 rings (SSSR count). The summed E-state index contributed by atoms with van der Waals surface area (Å²) in [5.74, 6) is 1.80. The van der Waals surface area contributed by atoms with Gasteiger partial charge >= 0.3 is 0 Å². The molecule has 0 aliphatic heterocycles. The molecular weight excluding hydrogens is 218 g/mol. The first-order valence-corrected chi connectivity index (χ1v) is 6.27. The molecule has 0 fully saturated rings. The van der Waals surface area contributed by atoms with Gasteiger partial charge in [0.15, 0.2) is 0 Å². The van der Waals surface area contributed by atoms with E-state index in [1.807, 2.05) is 23.9 Å². The van der Waals surface area contributed by atoms with Gasteiger partial charge in [0.05, 0.1) is 18.2 Å². The summed E-state index contributed by atoms with van der Waals surface area (Å²) >= 11 is 1.88. The van der Waals surface area contributed by atoms with Crippen LogP contribution in [0.5, 0.6) is 5.75 Å². The Bertz CT molecular complexity index is 359. The highest BCUT2D eigenvalue weighted by molar-refractivity contribution is 8.00. The standard InChI is InChI=1S/C13H17NOS/c1-13(2,3)16-9-8-15-12-6-4-11(10-14)5-7-12/h4-7H,8-9H2,1-3H3. The molecule has 3 heteroatoms. The van der Waals surface area contributed by atoms with Gasteiger partial charge in [0.2, 0.25) is 0 Å². The fourth-order valence-electron chi connectivity index (χ4n) is 1.13. The van der Waals surface area contributed by atoms with Crippen molar-refractivity contribution in [3.05, 3.63) is 29.8 Å². The third kappa shape index (κ3) is 5.09. The molecule has 0 saturated heterocycles. The number of nitrogens with zero attached hydrogens (tertiary/aromatic N) is 1. The lowest BCUT2D eigenvalue weighted by Gasteiger charge is -2.17. The quantitative estimate of drug-likeness (QED) is 0.749. The summed E-state index contributed by atoms with van der Waals surface area (Å²) in [6.07, 6.45) is 0. The van der Waals surface area contributed by atoms with Crippen LogP contribution in [0.2, 0.25) is 0 Å². The maximum absolute atomic E-state index is 8.64. The summed E-state index contributed by atoms with van der Waals surface area (Å²) in [5.41, 5.74) is 0.663. The minimum absolute atomic E-state index is 0.286. The molecule has 0 radical (unpaired) electrons. The number of ether oxygens (including phenoxy) is 1. The summed E-state index contributed by atoms with van der Waals surface area (Å²) in [6, 6.07) is 9.29. The van der Waals surface area contributed by atoms with E-state index in [2.05, 4.69) is 26.8 Å². The topological polar surface area (TPSA) is 33.0 Å². The molecule has 0 spiro atoms. The van der Waals surface area contributed by atoms with Crippen LogP contribution in [-0.2, 0) is 0 Å². The van der Waals surface area contributed by atoms with Crippen LogP contribution in [0, 0.1) is 11.3 Å². The smallest absolute Gasteiger partial charge is 0.119 e. The lowest BCUT2D eigenvalue weighted by molar-refractivity contribution is 0.343. The number of hydrogen-bond acceptors (Lipinski definition) is 3. The molecule has 0 saturated carbocycles. The molecule has 0 bridgehead atoms. The van der Waals surface area contributed by atoms with Crippen molar-refractivity contribution in [1.29, 1.82) is 5.26 Å². The molecule has 86 valence electrons. The summed E-state index contributed by atoms with van der Waals surface area (Å²) in [4.78, 5) is 0. The first-order chi connectivity index (χ1) is 7.51. The Hall–Kier alpha value is -1.14. The van der Waals surface area contributed by atoms with Crippen LogP contribution in [0.4, 0.5) is 0 Å². The van der Waals surface area contributed by atoms with Gasteiger partial charge in [0.25, 0.3) is 0 Å². The van der Waals surface area contributed by atoms with Crippen LogP contribution in [-0.4, -0.2) is 17.1 Å². The predicted octanol–water partition coefficient (Wildman–Crippen LogP) is 3.47. The van der Waals surface area contributed by atoms with Crippen molar-refractivity contribution >= 4 is 11.8 Å². The maximum atomic E-state index is 8.64. The van der Waals surface area contributed by atoms with E-state index in [4.69, 9.17) is 10.00 Å². The zero-order valence-electron chi connectivity index (χ0n) is 9.99. The number of thioether (sulfide) groups is 1. The van der Waals surface area contributed by atoms with Crippen LogP contribution >= 0.6 is 11.8 Å². The van der Waals surface area contributed by atoms with Crippen molar-refractivity contribution in [3.63, 3.8) is 0 Å². The first kappa shape index (κ1) is 12.9. The molecule has 0 heterocycles. The molecule has 0 amide bonds. The molecule has 0 aliphatic rings. The fourth-order valence-corrected chi connectivity index (χ4v) is 1.91. The summed E-state index contributed by atoms with van der Waals surface area (Å²) in [5, 5.41) is 8.64. The van der Waals surface area contributed by atoms with Gasteiger partial charge in [-0.15, -0.1) is 0 Å². The van der Waals surface area contributed by atoms with Gasteiger partial charge in [-0.2, -0.15) is 17.0 Å². The van der Waals surface area contributed by atoms with E-state index in [0.717, 1.165) is 11.5 Å². The highest BCUT2D eigenvalue weighted by Gasteiger charge is 2.09. The Labute approximate surface area is 102 Å². The van der Waals surface area contributed by atoms with Crippen LogP contribution in [0.15, 0.2) is 24.3 Å². The van der Waals surface area contributed by atoms with E-state index in [9.17, 15) is 0 Å². The van der Waals surface area contributed by atoms with Crippen molar-refractivity contribution in [3.8, 4) is 11.8 Å². The molecule has 1 aromatic carbocycles. The van der Waals surface area contributed by atoms with Gasteiger partial charge in [-0.25, -0.2) is 0 Å². The highest BCUT2D eigenvalue weighted by Crippen LogP contribution is 2.22. The molecule has 0 aliphatic carbocycles. The fraction of sp³-hybridized carbons (Fsp3) is 0.462. The van der Waals surface area contributed by atoms with E-state index < -0.39 is 0 Å². The van der Waals surface area contributed by atoms with Crippen molar-refractivity contribution in [2.45, 2.75) is 25.5 Å². The summed E-state index contributed by atoms with van der Waals surface area (Å²) in [6.45, 7) is 7.28. The van der Waals surface area contributed by atoms with Crippen LogP contribution < -0.4 is 4.74 Å². The number of benzene rings is 1. The second kappa shape index (κ2) is 5.81. The Kier molecular flexibility index (Phi) is 4.70. The van der Waals surface area contributed by atoms with E-state index >= 15 is 0 Å². The first-order valence-electron chi connectivity index (χ1n) is 5.28. The zero-order valence-corrected chi connectivity index (χ0v) is 10.8. The van der Waals surface area contributed by atoms with Crippen molar-refractivity contribution in [1.82, 2.24) is 0 Å². The molecule has 16 heavy (non-hydrogen) atoms. The van der Waals surface area contributed by atoms with Crippen LogP contribution in [0.3, 0.4) is 0 Å². The number of hydrogen-bond donors (Lipinski definition) is 0. The lowest BCUT2D eigenvalue weighted by atomic mass is 10.2. The van der Waals surface area contributed by atoms with Crippen molar-refractivity contribution < 1.29 is 4.74 Å². The van der Waals surface area contributed by atoms with Gasteiger partial charge < -0.3 is 4.74 Å². The minimum atomic E-state index is 0.286. The minimum Gasteiger partial charge on any atom is -0.493 e. The Morgan fingerprint density at radius 3 is 2.38 bits per heavy atom. The SMILES string of the molecule is CC(C)(C)SCCOc1ccc(C#N)cc1. The Balaban J connectivity index is 2.30. The summed E-state index contributed by atoms with van der Waals surface area (Å²) < 4.78 is 5.86. The average molecular weight is 235 g/mol. The monoisotopic (exact) mass is 235 g/mol. The molecule has 0 atom stereocenters. The van der Waals surface area contributed by atoms with E-state index in [-0.39, 0.29) is 4.75 Å². The Morgan fingerprint density at radius 2 is 1.88 bits per heavy atom. The average Bonchev–Trinajstić information content (AvgIpc) is 2.24. The van der Waals surface area contributed by atoms with Gasteiger partial charge in [-0.1, -0.05) is 20.8 Å². The second-order valence-corrected chi connectivity index (χ2v) is 6.37. The molecule has 0 unspecified atom stereocenters. The van der Waals surface area contributed by atoms with E-state index in [1.54, 1.807) is 12.1 Å². The molecule has 0 aromatic heterocycles. The van der Waals surface area contributed by atoms with Crippen molar-refractivity contribution in [2.24, 2.45) is 0 Å². The molecule has 1 aromatic rings. The maximum Gasteiger partial charge on any atom is 0.119 e. The largest absolute Gasteiger partial charge is 0.493 e. The Morgan fingerprint density at radius 1 is 1.25 bits per heavy atom. The molecule has 2 nitrogen and oxygen atoms in total. The zero-order chi connectivity index (χ0) is 12.0. The normalized spacial score (nSPS) is 10.9. The van der Waals surface area contributed by atoms with Crippen LogP contribution in [0.1, 0.15) is 26.3 Å². The van der Waals surface area contributed by atoms with Gasteiger partial charge in [-0.3, -0.25) is 0 Å². The lowest BCUT2D eigenvalue weighted by Crippen LogP contribution is -2.11. The highest BCUT2D eigenvalue weighted by atomic mass is 32.2. The predicted molar refractivity (Wildman–Crippen MR) is 68.9 cm³/mol. The van der Waals surface area contributed by atoms with Crippen molar-refractivity contribution in [2.75, 3.05) is 12.4 Å². The number of rotatable bonds is 4. The number of nitriles is 1. The molecular formula is C13H17NOS.